The average Bonchev–Trinajstić information content (AvgIpc) is 2.14. The molecule has 0 aliphatic carbocycles. The predicted molar refractivity (Wildman–Crippen MR) is 52.4 cm³/mol. The Hall–Kier alpha value is -2.31. The summed E-state index contributed by atoms with van der Waals surface area (Å²) in [6.07, 6.45) is 0. The summed E-state index contributed by atoms with van der Waals surface area (Å²) >= 11 is 0. The fourth-order valence-corrected chi connectivity index (χ4v) is 1.23. The Bertz CT molecular complexity index is 576. The molecule has 0 bridgehead atoms. The molecule has 0 saturated carbocycles. The molecule has 2 aromatic rings. The zero-order chi connectivity index (χ0) is 11.7. The quantitative estimate of drug-likeness (QED) is 0.746. The average molecular weight is 224 g/mol. The Morgan fingerprint density at radius 3 is 2.31 bits per heavy atom. The van der Waals surface area contributed by atoms with Crippen LogP contribution in [0.4, 0.5) is 14.7 Å². The summed E-state index contributed by atoms with van der Waals surface area (Å²) < 4.78 is 25.8. The van der Waals surface area contributed by atoms with Gasteiger partial charge in [-0.25, -0.2) is 13.6 Å². The fraction of sp³-hybridized carbons (Fsp3) is 0. The van der Waals surface area contributed by atoms with E-state index in [-0.39, 0.29) is 17.3 Å². The van der Waals surface area contributed by atoms with Crippen LogP contribution in [0.15, 0.2) is 23.0 Å². The van der Waals surface area contributed by atoms with E-state index >= 15 is 0 Å². The van der Waals surface area contributed by atoms with E-state index in [0.29, 0.717) is 6.07 Å². The third-order valence-electron chi connectivity index (χ3n) is 1.80. The van der Waals surface area contributed by atoms with Crippen LogP contribution in [0.25, 0.3) is 11.4 Å². The summed E-state index contributed by atoms with van der Waals surface area (Å²) in [5.41, 5.74) is 4.60. The summed E-state index contributed by atoms with van der Waals surface area (Å²) in [7, 11) is 0. The standard InChI is InChI=1S/C9H6F2N4O/c10-5-1-4(2-6(11)3-5)7-13-8(12)15-9(16)14-7/h1-3H,(H3,12,13,14,15,16). The maximum absolute atomic E-state index is 12.9. The van der Waals surface area contributed by atoms with Gasteiger partial charge in [-0.15, -0.1) is 0 Å². The molecule has 1 aromatic carbocycles. The lowest BCUT2D eigenvalue weighted by molar-refractivity contribution is 0.584. The van der Waals surface area contributed by atoms with Crippen LogP contribution in [-0.2, 0) is 0 Å². The number of nitrogens with two attached hydrogens (primary N) is 1. The molecular weight excluding hydrogens is 218 g/mol. The zero-order valence-corrected chi connectivity index (χ0v) is 7.87. The smallest absolute Gasteiger partial charge is 0.349 e. The van der Waals surface area contributed by atoms with Crippen molar-refractivity contribution >= 4 is 5.95 Å². The number of aromatic nitrogens is 3. The molecule has 5 nitrogen and oxygen atoms in total. The van der Waals surface area contributed by atoms with Crippen LogP contribution in [-0.4, -0.2) is 15.0 Å². The lowest BCUT2D eigenvalue weighted by atomic mass is 10.2. The van der Waals surface area contributed by atoms with Gasteiger partial charge in [0.1, 0.15) is 17.5 Å². The van der Waals surface area contributed by atoms with Gasteiger partial charge in [0.25, 0.3) is 0 Å². The Balaban J connectivity index is 2.62. The highest BCUT2D eigenvalue weighted by Crippen LogP contribution is 2.16. The Morgan fingerprint density at radius 1 is 1.12 bits per heavy atom. The molecule has 0 unspecified atom stereocenters. The van der Waals surface area contributed by atoms with Gasteiger partial charge in [0.05, 0.1) is 0 Å². The third-order valence-corrected chi connectivity index (χ3v) is 1.80. The predicted octanol–water partition coefficient (Wildman–Crippen LogP) is 0.692. The van der Waals surface area contributed by atoms with Crippen molar-refractivity contribution in [2.75, 3.05) is 5.73 Å². The van der Waals surface area contributed by atoms with Gasteiger partial charge in [0.15, 0.2) is 0 Å². The minimum atomic E-state index is -0.770. The first kappa shape index (κ1) is 10.2. The Labute approximate surface area is 88.0 Å². The van der Waals surface area contributed by atoms with E-state index < -0.39 is 17.3 Å². The van der Waals surface area contributed by atoms with E-state index in [4.69, 9.17) is 5.73 Å². The van der Waals surface area contributed by atoms with Crippen molar-refractivity contribution in [1.29, 1.82) is 0 Å². The minimum absolute atomic E-state index is 0.0316. The first-order chi connectivity index (χ1) is 7.54. The summed E-state index contributed by atoms with van der Waals surface area (Å²) in [6, 6.07) is 2.77. The van der Waals surface area contributed by atoms with Gasteiger partial charge < -0.3 is 5.73 Å². The van der Waals surface area contributed by atoms with Crippen LogP contribution >= 0.6 is 0 Å². The molecule has 1 aromatic heterocycles. The minimum Gasteiger partial charge on any atom is -0.368 e. The van der Waals surface area contributed by atoms with Crippen molar-refractivity contribution < 1.29 is 8.78 Å². The highest BCUT2D eigenvalue weighted by molar-refractivity contribution is 5.55. The molecule has 0 fully saturated rings. The number of nitrogen functional groups attached to an aromatic ring is 1. The lowest BCUT2D eigenvalue weighted by Crippen LogP contribution is -2.15. The van der Waals surface area contributed by atoms with Crippen molar-refractivity contribution in [1.82, 2.24) is 15.0 Å². The maximum Gasteiger partial charge on any atom is 0.349 e. The number of rotatable bonds is 1. The fourth-order valence-electron chi connectivity index (χ4n) is 1.23. The van der Waals surface area contributed by atoms with Gasteiger partial charge in [-0.3, -0.25) is 4.98 Å². The Morgan fingerprint density at radius 2 is 1.75 bits per heavy atom. The summed E-state index contributed by atoms with van der Waals surface area (Å²) in [6.45, 7) is 0. The van der Waals surface area contributed by atoms with Crippen LogP contribution < -0.4 is 11.4 Å². The first-order valence-corrected chi connectivity index (χ1v) is 4.25. The highest BCUT2D eigenvalue weighted by atomic mass is 19.1. The van der Waals surface area contributed by atoms with Crippen molar-refractivity contribution in [3.63, 3.8) is 0 Å². The van der Waals surface area contributed by atoms with E-state index in [0.717, 1.165) is 12.1 Å². The van der Waals surface area contributed by atoms with Gasteiger partial charge in [0.2, 0.25) is 5.95 Å². The topological polar surface area (TPSA) is 84.7 Å². The van der Waals surface area contributed by atoms with Crippen molar-refractivity contribution in [2.45, 2.75) is 0 Å². The number of H-pyrrole nitrogens is 1. The second-order valence-electron chi connectivity index (χ2n) is 3.02. The summed E-state index contributed by atoms with van der Waals surface area (Å²) in [4.78, 5) is 20.1. The Kier molecular flexibility index (Phi) is 2.35. The van der Waals surface area contributed by atoms with Gasteiger partial charge in [-0.2, -0.15) is 9.97 Å². The molecular formula is C9H6F2N4O. The summed E-state index contributed by atoms with van der Waals surface area (Å²) in [5, 5.41) is 0. The van der Waals surface area contributed by atoms with Crippen molar-refractivity contribution in [3.8, 4) is 11.4 Å². The van der Waals surface area contributed by atoms with Crippen LogP contribution in [0, 0.1) is 11.6 Å². The molecule has 0 radical (unpaired) electrons. The van der Waals surface area contributed by atoms with Crippen molar-refractivity contribution in [3.05, 3.63) is 40.3 Å². The lowest BCUT2D eigenvalue weighted by Gasteiger charge is -2.01. The van der Waals surface area contributed by atoms with Gasteiger partial charge in [-0.1, -0.05) is 0 Å². The molecule has 3 N–H and O–H groups in total. The zero-order valence-electron chi connectivity index (χ0n) is 7.87. The number of benzene rings is 1. The van der Waals surface area contributed by atoms with E-state index in [9.17, 15) is 13.6 Å². The normalized spacial score (nSPS) is 10.4. The third kappa shape index (κ3) is 2.02. The number of aromatic amines is 1. The second kappa shape index (κ2) is 3.69. The number of halogens is 2. The van der Waals surface area contributed by atoms with Crippen LogP contribution in [0.1, 0.15) is 0 Å². The highest BCUT2D eigenvalue weighted by Gasteiger charge is 2.06. The molecule has 16 heavy (non-hydrogen) atoms. The first-order valence-electron chi connectivity index (χ1n) is 4.25. The summed E-state index contributed by atoms with van der Waals surface area (Å²) in [5.74, 6) is -1.83. The number of anilines is 1. The molecule has 0 amide bonds. The van der Waals surface area contributed by atoms with E-state index in [2.05, 4.69) is 15.0 Å². The number of nitrogens with zero attached hydrogens (tertiary/aromatic N) is 2. The molecule has 1 heterocycles. The largest absolute Gasteiger partial charge is 0.368 e. The molecule has 2 rings (SSSR count). The van der Waals surface area contributed by atoms with E-state index in [1.54, 1.807) is 0 Å². The molecule has 0 aliphatic rings. The molecule has 0 saturated heterocycles. The number of hydrogen-bond donors (Lipinski definition) is 2. The number of nitrogens with one attached hydrogen (secondary N) is 1. The maximum atomic E-state index is 12.9. The SMILES string of the molecule is Nc1nc(-c2cc(F)cc(F)c2)[nH]c(=O)n1. The molecule has 82 valence electrons. The van der Waals surface area contributed by atoms with E-state index in [1.165, 1.54) is 0 Å². The molecule has 7 heteroatoms. The van der Waals surface area contributed by atoms with Gasteiger partial charge >= 0.3 is 5.69 Å². The molecule has 0 spiro atoms. The van der Waals surface area contributed by atoms with Crippen LogP contribution in [0.5, 0.6) is 0 Å². The van der Waals surface area contributed by atoms with Gasteiger partial charge in [-0.05, 0) is 12.1 Å². The molecule has 0 atom stereocenters. The van der Waals surface area contributed by atoms with Gasteiger partial charge in [0, 0.05) is 11.6 Å². The van der Waals surface area contributed by atoms with Crippen molar-refractivity contribution in [2.24, 2.45) is 0 Å². The molecule has 0 aliphatic heterocycles. The van der Waals surface area contributed by atoms with Crippen LogP contribution in [0.3, 0.4) is 0 Å². The van der Waals surface area contributed by atoms with E-state index in [1.807, 2.05) is 0 Å². The number of hydrogen-bond acceptors (Lipinski definition) is 4. The monoisotopic (exact) mass is 224 g/mol. The van der Waals surface area contributed by atoms with Crippen LogP contribution in [0.2, 0.25) is 0 Å². The second-order valence-corrected chi connectivity index (χ2v) is 3.02.